The number of nitrogens with one attached hydrogen (secondary N) is 2. The Morgan fingerprint density at radius 2 is 1.67 bits per heavy atom. The van der Waals surface area contributed by atoms with Crippen molar-refractivity contribution in [2.45, 2.75) is 19.3 Å². The number of primary amides is 1. The van der Waals surface area contributed by atoms with Crippen molar-refractivity contribution in [3.8, 4) is 0 Å². The molecule has 9 heteroatoms. The maximum Gasteiger partial charge on any atom is 0.255 e. The van der Waals surface area contributed by atoms with Crippen LogP contribution in [0.1, 0.15) is 39.1 Å². The van der Waals surface area contributed by atoms with Gasteiger partial charge in [0.2, 0.25) is 15.9 Å². The Kier molecular flexibility index (Phi) is 6.73. The lowest BCUT2D eigenvalue weighted by molar-refractivity contribution is 0.0996. The fourth-order valence-electron chi connectivity index (χ4n) is 3.42. The lowest BCUT2D eigenvalue weighted by Gasteiger charge is -2.22. The van der Waals surface area contributed by atoms with Gasteiger partial charge in [-0.1, -0.05) is 12.1 Å². The van der Waals surface area contributed by atoms with Gasteiger partial charge in [-0.15, -0.1) is 0 Å². The molecule has 0 saturated carbocycles. The van der Waals surface area contributed by atoms with E-state index in [2.05, 4.69) is 14.9 Å². The van der Waals surface area contributed by atoms with Crippen LogP contribution in [0, 0.1) is 0 Å². The molecule has 0 atom stereocenters. The van der Waals surface area contributed by atoms with Gasteiger partial charge in [-0.05, 0) is 55.2 Å². The molecule has 3 rings (SSSR count). The number of hydrogen-bond acceptors (Lipinski definition) is 5. The molecule has 0 radical (unpaired) electrons. The van der Waals surface area contributed by atoms with Crippen molar-refractivity contribution in [1.82, 2.24) is 4.72 Å². The molecular formula is C21H26N4O4S. The maximum absolute atomic E-state index is 12.8. The van der Waals surface area contributed by atoms with Gasteiger partial charge in [-0.3, -0.25) is 9.59 Å². The number of amides is 2. The van der Waals surface area contributed by atoms with Crippen LogP contribution in [0.3, 0.4) is 0 Å². The summed E-state index contributed by atoms with van der Waals surface area (Å²) in [7, 11) is -3.22. The highest BCUT2D eigenvalue weighted by molar-refractivity contribution is 7.88. The molecule has 0 aromatic heterocycles. The van der Waals surface area contributed by atoms with Crippen molar-refractivity contribution in [2.24, 2.45) is 5.73 Å². The van der Waals surface area contributed by atoms with Crippen LogP contribution in [0.4, 0.5) is 11.4 Å². The van der Waals surface area contributed by atoms with Gasteiger partial charge in [0.25, 0.3) is 5.91 Å². The number of benzene rings is 2. The summed E-state index contributed by atoms with van der Waals surface area (Å²) in [5.74, 6) is -0.844. The Balaban J connectivity index is 1.73. The number of rotatable bonds is 8. The van der Waals surface area contributed by atoms with Gasteiger partial charge >= 0.3 is 0 Å². The Labute approximate surface area is 176 Å². The second-order valence-electron chi connectivity index (χ2n) is 7.36. The van der Waals surface area contributed by atoms with E-state index in [-0.39, 0.29) is 5.91 Å². The summed E-state index contributed by atoms with van der Waals surface area (Å²) in [5, 5.41) is 2.90. The van der Waals surface area contributed by atoms with E-state index in [1.807, 2.05) is 6.07 Å². The van der Waals surface area contributed by atoms with Crippen molar-refractivity contribution in [3.05, 3.63) is 59.2 Å². The summed E-state index contributed by atoms with van der Waals surface area (Å²) in [4.78, 5) is 26.5. The number of anilines is 2. The van der Waals surface area contributed by atoms with E-state index in [4.69, 9.17) is 5.73 Å². The molecule has 2 aromatic rings. The smallest absolute Gasteiger partial charge is 0.255 e. The molecule has 1 aliphatic rings. The Hall–Kier alpha value is -2.91. The second-order valence-corrected chi connectivity index (χ2v) is 9.19. The number of hydrogen-bond donors (Lipinski definition) is 3. The van der Waals surface area contributed by atoms with Gasteiger partial charge in [0.05, 0.1) is 17.6 Å². The molecule has 4 N–H and O–H groups in total. The summed E-state index contributed by atoms with van der Waals surface area (Å²) in [5.41, 5.74) is 8.54. The minimum Gasteiger partial charge on any atom is -0.370 e. The van der Waals surface area contributed by atoms with E-state index in [9.17, 15) is 18.0 Å². The van der Waals surface area contributed by atoms with Gasteiger partial charge in [0.1, 0.15) is 0 Å². The highest BCUT2D eigenvalue weighted by Gasteiger charge is 2.19. The first-order chi connectivity index (χ1) is 14.2. The highest BCUT2D eigenvalue weighted by Crippen LogP contribution is 2.30. The standard InChI is InChI=1S/C21H26N4O4S/c1-30(28,29)23-11-10-15-4-6-16(7-5-15)21(27)24-18-14-17(20(22)26)8-9-19(18)25-12-2-3-13-25/h4-9,14,23H,2-3,10-13H2,1H3,(H2,22,26)(H,24,27). The fraction of sp³-hybridized carbons (Fsp3) is 0.333. The van der Waals surface area contributed by atoms with Crippen molar-refractivity contribution in [2.75, 3.05) is 36.1 Å². The first kappa shape index (κ1) is 21.8. The molecule has 2 aromatic carbocycles. The highest BCUT2D eigenvalue weighted by atomic mass is 32.2. The molecule has 160 valence electrons. The predicted molar refractivity (Wildman–Crippen MR) is 117 cm³/mol. The molecule has 1 aliphatic heterocycles. The van der Waals surface area contributed by atoms with E-state index in [0.717, 1.165) is 43.4 Å². The van der Waals surface area contributed by atoms with Gasteiger partial charge in [0, 0.05) is 30.8 Å². The molecule has 1 fully saturated rings. The van der Waals surface area contributed by atoms with Gasteiger partial charge in [0.15, 0.2) is 0 Å². The first-order valence-corrected chi connectivity index (χ1v) is 11.7. The molecule has 8 nitrogen and oxygen atoms in total. The number of carbonyl (C=O) groups is 2. The first-order valence-electron chi connectivity index (χ1n) is 9.77. The van der Waals surface area contributed by atoms with Crippen molar-refractivity contribution in [3.63, 3.8) is 0 Å². The van der Waals surface area contributed by atoms with Crippen LogP contribution < -0.4 is 20.7 Å². The van der Waals surface area contributed by atoms with Crippen molar-refractivity contribution in [1.29, 1.82) is 0 Å². The third-order valence-electron chi connectivity index (χ3n) is 4.97. The molecule has 0 aliphatic carbocycles. The summed E-state index contributed by atoms with van der Waals surface area (Å²) in [6.45, 7) is 2.09. The molecule has 2 amide bonds. The molecule has 0 unspecified atom stereocenters. The second kappa shape index (κ2) is 9.27. The largest absolute Gasteiger partial charge is 0.370 e. The fourth-order valence-corrected chi connectivity index (χ4v) is 3.89. The lowest BCUT2D eigenvalue weighted by atomic mass is 10.1. The van der Waals surface area contributed by atoms with Crippen LogP contribution in [0.2, 0.25) is 0 Å². The van der Waals surface area contributed by atoms with Gasteiger partial charge < -0.3 is 16.0 Å². The Morgan fingerprint density at radius 3 is 2.27 bits per heavy atom. The van der Waals surface area contributed by atoms with Gasteiger partial charge in [-0.25, -0.2) is 13.1 Å². The predicted octanol–water partition coefficient (Wildman–Crippen LogP) is 1.73. The summed E-state index contributed by atoms with van der Waals surface area (Å²) in [6, 6.07) is 12.1. The van der Waals surface area contributed by atoms with Crippen LogP contribution in [0.5, 0.6) is 0 Å². The molecule has 0 spiro atoms. The summed E-state index contributed by atoms with van der Waals surface area (Å²) < 4.78 is 24.7. The minimum absolute atomic E-state index is 0.294. The zero-order valence-electron chi connectivity index (χ0n) is 16.8. The molecule has 1 saturated heterocycles. The third-order valence-corrected chi connectivity index (χ3v) is 5.70. The van der Waals surface area contributed by atoms with Crippen LogP contribution in [0.15, 0.2) is 42.5 Å². The van der Waals surface area contributed by atoms with Crippen molar-refractivity contribution >= 4 is 33.2 Å². The summed E-state index contributed by atoms with van der Waals surface area (Å²) in [6.07, 6.45) is 3.81. The normalized spacial score (nSPS) is 14.0. The van der Waals surface area contributed by atoms with Crippen LogP contribution in [-0.4, -0.2) is 46.1 Å². The third kappa shape index (κ3) is 5.80. The SMILES string of the molecule is CS(=O)(=O)NCCc1ccc(C(=O)Nc2cc(C(N)=O)ccc2N2CCCC2)cc1. The van der Waals surface area contributed by atoms with E-state index in [1.54, 1.807) is 36.4 Å². The number of nitrogens with zero attached hydrogens (tertiary/aromatic N) is 1. The van der Waals surface area contributed by atoms with Crippen LogP contribution in [-0.2, 0) is 16.4 Å². The Bertz CT molecular complexity index is 1030. The minimum atomic E-state index is -3.22. The van der Waals surface area contributed by atoms with E-state index in [1.165, 1.54) is 0 Å². The molecule has 1 heterocycles. The van der Waals surface area contributed by atoms with Gasteiger partial charge in [-0.2, -0.15) is 0 Å². The van der Waals surface area contributed by atoms with Crippen molar-refractivity contribution < 1.29 is 18.0 Å². The zero-order chi connectivity index (χ0) is 21.7. The van der Waals surface area contributed by atoms with E-state index in [0.29, 0.717) is 29.8 Å². The monoisotopic (exact) mass is 430 g/mol. The molecule has 30 heavy (non-hydrogen) atoms. The Morgan fingerprint density at radius 1 is 1.03 bits per heavy atom. The number of nitrogens with two attached hydrogens (primary N) is 1. The van der Waals surface area contributed by atoms with E-state index < -0.39 is 15.9 Å². The lowest BCUT2D eigenvalue weighted by Crippen LogP contribution is -2.24. The number of carbonyl (C=O) groups excluding carboxylic acids is 2. The average Bonchev–Trinajstić information content (AvgIpc) is 3.22. The maximum atomic E-state index is 12.8. The van der Waals surface area contributed by atoms with E-state index >= 15 is 0 Å². The topological polar surface area (TPSA) is 122 Å². The average molecular weight is 431 g/mol. The summed E-state index contributed by atoms with van der Waals surface area (Å²) >= 11 is 0. The molecular weight excluding hydrogens is 404 g/mol. The quantitative estimate of drug-likeness (QED) is 0.589. The number of sulfonamides is 1. The van der Waals surface area contributed by atoms with Crippen LogP contribution in [0.25, 0.3) is 0 Å². The van der Waals surface area contributed by atoms with Crippen LogP contribution >= 0.6 is 0 Å². The molecule has 0 bridgehead atoms. The zero-order valence-corrected chi connectivity index (χ0v) is 17.7.